The Morgan fingerprint density at radius 2 is 2.11 bits per heavy atom. The highest BCUT2D eigenvalue weighted by atomic mass is 79.9. The molecular weight excluding hydrogens is 328 g/mol. The monoisotopic (exact) mass is 336 g/mol. The van der Waals surface area contributed by atoms with E-state index in [0.29, 0.717) is 17.3 Å². The molecule has 2 aromatic heterocycles. The minimum absolute atomic E-state index is 0.133. The van der Waals surface area contributed by atoms with Crippen LogP contribution in [-0.2, 0) is 0 Å². The molecule has 0 unspecified atom stereocenters. The third-order valence-electron chi connectivity index (χ3n) is 2.60. The fourth-order valence-electron chi connectivity index (χ4n) is 1.69. The summed E-state index contributed by atoms with van der Waals surface area (Å²) in [7, 11) is 0. The Balaban J connectivity index is 2.03. The maximum Gasteiger partial charge on any atom is 0.262 e. The minimum atomic E-state index is 0.133. The van der Waals surface area contributed by atoms with Crippen LogP contribution in [0.1, 0.15) is 5.56 Å². The normalized spacial score (nSPS) is 10.8. The molecule has 0 bridgehead atoms. The van der Waals surface area contributed by atoms with Crippen LogP contribution in [-0.4, -0.2) is 15.2 Å². The number of benzene rings is 1. The predicted molar refractivity (Wildman–Crippen MR) is 77.1 cm³/mol. The maximum absolute atomic E-state index is 9.84. The van der Waals surface area contributed by atoms with Crippen LogP contribution in [0.25, 0.3) is 22.2 Å². The van der Waals surface area contributed by atoms with Crippen LogP contribution < -0.4 is 0 Å². The van der Waals surface area contributed by atoms with E-state index in [2.05, 4.69) is 26.1 Å². The van der Waals surface area contributed by atoms with Crippen molar-refractivity contribution >= 4 is 27.3 Å². The Morgan fingerprint density at radius 1 is 1.26 bits per heavy atom. The molecule has 6 heteroatoms. The Labute approximate surface area is 121 Å². The topological polar surface area (TPSA) is 59.2 Å². The summed E-state index contributed by atoms with van der Waals surface area (Å²) in [6.07, 6.45) is 0. The van der Waals surface area contributed by atoms with Gasteiger partial charge in [-0.25, -0.2) is 0 Å². The van der Waals surface area contributed by atoms with E-state index in [9.17, 15) is 5.11 Å². The molecule has 1 aromatic carbocycles. The van der Waals surface area contributed by atoms with Crippen LogP contribution in [0.15, 0.2) is 38.6 Å². The molecule has 0 aliphatic rings. The third kappa shape index (κ3) is 2.41. The number of hydrogen-bond acceptors (Lipinski definition) is 5. The smallest absolute Gasteiger partial charge is 0.262 e. The lowest BCUT2D eigenvalue weighted by atomic mass is 10.1. The van der Waals surface area contributed by atoms with Gasteiger partial charge in [0.05, 0.1) is 14.2 Å². The first kappa shape index (κ1) is 12.4. The molecule has 96 valence electrons. The van der Waals surface area contributed by atoms with Crippen molar-refractivity contribution in [2.45, 2.75) is 6.92 Å². The number of phenolic OH excluding ortho intramolecular Hbond substituents is 1. The summed E-state index contributed by atoms with van der Waals surface area (Å²) in [5.41, 5.74) is 1.57. The SMILES string of the molecule is Cc1ccc(O)c(-c2nc(-c3ccc(Br)s3)no2)c1. The largest absolute Gasteiger partial charge is 0.507 e. The number of nitrogens with zero attached hydrogens (tertiary/aromatic N) is 2. The van der Waals surface area contributed by atoms with Gasteiger partial charge >= 0.3 is 0 Å². The lowest BCUT2D eigenvalue weighted by molar-refractivity contribution is 0.426. The van der Waals surface area contributed by atoms with Gasteiger partial charge in [-0.3, -0.25) is 0 Å². The van der Waals surface area contributed by atoms with E-state index in [-0.39, 0.29) is 5.75 Å². The van der Waals surface area contributed by atoms with Crippen LogP contribution >= 0.6 is 27.3 Å². The lowest BCUT2D eigenvalue weighted by Gasteiger charge is -1.99. The second-order valence-corrected chi connectivity index (χ2v) is 6.51. The van der Waals surface area contributed by atoms with Gasteiger partial charge in [0.25, 0.3) is 5.89 Å². The third-order valence-corrected chi connectivity index (χ3v) is 4.22. The van der Waals surface area contributed by atoms with Crippen molar-refractivity contribution in [3.8, 4) is 27.9 Å². The highest BCUT2D eigenvalue weighted by Gasteiger charge is 2.15. The molecule has 0 saturated carbocycles. The summed E-state index contributed by atoms with van der Waals surface area (Å²) in [5.74, 6) is 0.973. The summed E-state index contributed by atoms with van der Waals surface area (Å²) in [4.78, 5) is 5.23. The van der Waals surface area contributed by atoms with E-state index in [1.807, 2.05) is 31.2 Å². The van der Waals surface area contributed by atoms with Gasteiger partial charge in [0.1, 0.15) is 5.75 Å². The van der Waals surface area contributed by atoms with Crippen molar-refractivity contribution in [2.24, 2.45) is 0 Å². The molecule has 0 atom stereocenters. The maximum atomic E-state index is 9.84. The Morgan fingerprint density at radius 3 is 2.84 bits per heavy atom. The summed E-state index contributed by atoms with van der Waals surface area (Å²) in [5, 5.41) is 13.8. The standard InChI is InChI=1S/C13H9BrN2O2S/c1-7-2-3-9(17)8(6-7)13-15-12(16-18-13)10-4-5-11(14)19-10/h2-6,17H,1H3. The van der Waals surface area contributed by atoms with E-state index in [1.54, 1.807) is 6.07 Å². The van der Waals surface area contributed by atoms with Gasteiger partial charge in [-0.05, 0) is 47.1 Å². The van der Waals surface area contributed by atoms with Gasteiger partial charge in [-0.15, -0.1) is 11.3 Å². The molecule has 0 radical (unpaired) electrons. The molecule has 0 saturated heterocycles. The second kappa shape index (κ2) is 4.79. The first-order valence-electron chi connectivity index (χ1n) is 5.53. The molecule has 4 nitrogen and oxygen atoms in total. The van der Waals surface area contributed by atoms with Crippen molar-refractivity contribution in [3.63, 3.8) is 0 Å². The van der Waals surface area contributed by atoms with Crippen LogP contribution in [0.3, 0.4) is 0 Å². The van der Waals surface area contributed by atoms with E-state index in [4.69, 9.17) is 4.52 Å². The number of thiophene rings is 1. The number of aromatic hydroxyl groups is 1. The summed E-state index contributed by atoms with van der Waals surface area (Å²) in [6.45, 7) is 1.94. The average Bonchev–Trinajstić information content (AvgIpc) is 3.00. The van der Waals surface area contributed by atoms with E-state index in [1.165, 1.54) is 11.3 Å². The van der Waals surface area contributed by atoms with Crippen molar-refractivity contribution in [3.05, 3.63) is 39.7 Å². The highest BCUT2D eigenvalue weighted by Crippen LogP contribution is 2.33. The molecule has 3 aromatic rings. The van der Waals surface area contributed by atoms with E-state index < -0.39 is 0 Å². The van der Waals surface area contributed by atoms with Crippen LogP contribution in [0.5, 0.6) is 5.75 Å². The minimum Gasteiger partial charge on any atom is -0.507 e. The summed E-state index contributed by atoms with van der Waals surface area (Å²) < 4.78 is 6.23. The Bertz CT molecular complexity index is 736. The molecule has 0 fully saturated rings. The fraction of sp³-hybridized carbons (Fsp3) is 0.0769. The van der Waals surface area contributed by atoms with Gasteiger partial charge < -0.3 is 9.63 Å². The predicted octanol–water partition coefficient (Wildman–Crippen LogP) is 4.24. The molecule has 1 N–H and O–H groups in total. The number of aryl methyl sites for hydroxylation is 1. The van der Waals surface area contributed by atoms with Crippen molar-refractivity contribution in [1.29, 1.82) is 0 Å². The first-order chi connectivity index (χ1) is 9.13. The summed E-state index contributed by atoms with van der Waals surface area (Å²) in [6, 6.07) is 9.11. The molecule has 3 rings (SSSR count). The highest BCUT2D eigenvalue weighted by molar-refractivity contribution is 9.11. The molecule has 2 heterocycles. The lowest BCUT2D eigenvalue weighted by Crippen LogP contribution is -1.81. The summed E-state index contributed by atoms with van der Waals surface area (Å²) >= 11 is 4.92. The van der Waals surface area contributed by atoms with Crippen LogP contribution in [0.4, 0.5) is 0 Å². The molecule has 0 aliphatic heterocycles. The average molecular weight is 337 g/mol. The zero-order chi connectivity index (χ0) is 13.4. The van der Waals surface area contributed by atoms with Gasteiger partial charge in [0.2, 0.25) is 5.82 Å². The van der Waals surface area contributed by atoms with Crippen molar-refractivity contribution in [2.75, 3.05) is 0 Å². The molecule has 0 amide bonds. The van der Waals surface area contributed by atoms with Crippen molar-refractivity contribution in [1.82, 2.24) is 10.1 Å². The van der Waals surface area contributed by atoms with Crippen LogP contribution in [0.2, 0.25) is 0 Å². The Hall–Kier alpha value is -1.66. The first-order valence-corrected chi connectivity index (χ1v) is 7.14. The number of phenols is 1. The number of halogens is 1. The zero-order valence-electron chi connectivity index (χ0n) is 9.92. The van der Waals surface area contributed by atoms with Crippen molar-refractivity contribution < 1.29 is 9.63 Å². The van der Waals surface area contributed by atoms with Gasteiger partial charge in [0, 0.05) is 0 Å². The molecule has 0 spiro atoms. The number of rotatable bonds is 2. The van der Waals surface area contributed by atoms with Gasteiger partial charge in [0.15, 0.2) is 0 Å². The van der Waals surface area contributed by atoms with Crippen LogP contribution in [0, 0.1) is 6.92 Å². The number of aromatic nitrogens is 2. The molecule has 19 heavy (non-hydrogen) atoms. The van der Waals surface area contributed by atoms with E-state index >= 15 is 0 Å². The zero-order valence-corrected chi connectivity index (χ0v) is 12.3. The van der Waals surface area contributed by atoms with Gasteiger partial charge in [-0.2, -0.15) is 4.98 Å². The Kier molecular flexibility index (Phi) is 3.12. The molecular formula is C13H9BrN2O2S. The second-order valence-electron chi connectivity index (χ2n) is 4.05. The number of hydrogen-bond donors (Lipinski definition) is 1. The fourth-order valence-corrected chi connectivity index (χ4v) is 3.00. The quantitative estimate of drug-likeness (QED) is 0.760. The van der Waals surface area contributed by atoms with E-state index in [0.717, 1.165) is 14.2 Å². The molecule has 0 aliphatic carbocycles. The van der Waals surface area contributed by atoms with Gasteiger partial charge in [-0.1, -0.05) is 16.8 Å².